The molecule has 2 atom stereocenters. The van der Waals surface area contributed by atoms with E-state index < -0.39 is 14.6 Å². The van der Waals surface area contributed by atoms with E-state index in [-0.39, 0.29) is 5.60 Å². The molecular weight excluding hydrogens is 472 g/mol. The summed E-state index contributed by atoms with van der Waals surface area (Å²) in [6, 6.07) is 2.74. The normalized spacial score (nSPS) is 27.7. The molecular formula is C24H36N4O4S2. The molecule has 5 rings (SSSR count). The largest absolute Gasteiger partial charge is 0.381 e. The van der Waals surface area contributed by atoms with Crippen molar-refractivity contribution in [3.63, 3.8) is 0 Å². The highest BCUT2D eigenvalue weighted by Crippen LogP contribution is 2.46. The van der Waals surface area contributed by atoms with Gasteiger partial charge in [-0.25, -0.2) is 8.42 Å². The zero-order valence-electron chi connectivity index (χ0n) is 20.5. The van der Waals surface area contributed by atoms with E-state index in [1.165, 1.54) is 21.6 Å². The van der Waals surface area contributed by atoms with Crippen LogP contribution in [0.5, 0.6) is 0 Å². The number of ether oxygens (including phenoxy) is 2. The van der Waals surface area contributed by atoms with E-state index in [1.54, 1.807) is 4.68 Å². The van der Waals surface area contributed by atoms with Crippen LogP contribution in [0.25, 0.3) is 0 Å². The van der Waals surface area contributed by atoms with Crippen molar-refractivity contribution in [3.8, 4) is 0 Å². The molecule has 2 aromatic rings. The predicted octanol–water partition coefficient (Wildman–Crippen LogP) is 2.95. The summed E-state index contributed by atoms with van der Waals surface area (Å²) >= 11 is 1.96. The Morgan fingerprint density at radius 1 is 1.24 bits per heavy atom. The Kier molecular flexibility index (Phi) is 6.65. The number of thiophene rings is 1. The highest BCUT2D eigenvalue weighted by atomic mass is 32.2. The molecule has 0 aromatic carbocycles. The van der Waals surface area contributed by atoms with E-state index >= 15 is 0 Å². The second-order valence-electron chi connectivity index (χ2n) is 10.2. The van der Waals surface area contributed by atoms with Crippen LogP contribution in [-0.2, 0) is 50.8 Å². The number of aromatic nitrogens is 3. The maximum atomic E-state index is 12.6. The minimum atomic E-state index is -3.25. The summed E-state index contributed by atoms with van der Waals surface area (Å²) in [7, 11) is -3.25. The standard InChI is InChI=1S/C24H36N4O4S2/c1-4-20-13-21-22(33-20)5-10-32-24(21)6-9-27(18(2)14-24)15-19-16-28(26-25-19)17-23(34(3,29)30)7-11-31-12-8-23/h13,16,18H,4-12,14-15,17H2,1-3H3/t18-,24+/m0/s1. The Bertz CT molecular complexity index is 1120. The van der Waals surface area contributed by atoms with Crippen molar-refractivity contribution in [2.75, 3.05) is 32.6 Å². The van der Waals surface area contributed by atoms with Gasteiger partial charge in [-0.2, -0.15) is 0 Å². The predicted molar refractivity (Wildman–Crippen MR) is 132 cm³/mol. The van der Waals surface area contributed by atoms with Crippen LogP contribution in [0.2, 0.25) is 0 Å². The number of hydrogen-bond acceptors (Lipinski definition) is 8. The summed E-state index contributed by atoms with van der Waals surface area (Å²) in [4.78, 5) is 5.42. The number of piperidine rings is 1. The van der Waals surface area contributed by atoms with Gasteiger partial charge in [0, 0.05) is 61.0 Å². The molecule has 34 heavy (non-hydrogen) atoms. The zero-order chi connectivity index (χ0) is 24.0. The fourth-order valence-corrected chi connectivity index (χ4v) is 8.34. The van der Waals surface area contributed by atoms with Crippen LogP contribution in [0.15, 0.2) is 12.3 Å². The van der Waals surface area contributed by atoms with Crippen molar-refractivity contribution in [3.05, 3.63) is 33.3 Å². The van der Waals surface area contributed by atoms with E-state index in [4.69, 9.17) is 9.47 Å². The topological polar surface area (TPSA) is 86.5 Å². The number of fused-ring (bicyclic) bond motifs is 2. The highest BCUT2D eigenvalue weighted by Gasteiger charge is 2.45. The zero-order valence-corrected chi connectivity index (χ0v) is 22.1. The van der Waals surface area contributed by atoms with Gasteiger partial charge in [0.1, 0.15) is 0 Å². The average molecular weight is 509 g/mol. The van der Waals surface area contributed by atoms with Gasteiger partial charge < -0.3 is 9.47 Å². The van der Waals surface area contributed by atoms with Crippen LogP contribution in [0.4, 0.5) is 0 Å². The summed E-state index contributed by atoms with van der Waals surface area (Å²) in [5.74, 6) is 0. The third-order valence-electron chi connectivity index (χ3n) is 8.05. The van der Waals surface area contributed by atoms with Gasteiger partial charge in [0.15, 0.2) is 9.84 Å². The van der Waals surface area contributed by atoms with Crippen molar-refractivity contribution < 1.29 is 17.9 Å². The molecule has 0 unspecified atom stereocenters. The lowest BCUT2D eigenvalue weighted by Gasteiger charge is -2.47. The van der Waals surface area contributed by atoms with Crippen LogP contribution < -0.4 is 0 Å². The minimum absolute atomic E-state index is 0.157. The summed E-state index contributed by atoms with van der Waals surface area (Å²) in [6.45, 7) is 8.23. The second kappa shape index (κ2) is 9.28. The van der Waals surface area contributed by atoms with E-state index in [9.17, 15) is 8.42 Å². The molecule has 5 heterocycles. The first-order valence-electron chi connectivity index (χ1n) is 12.4. The number of likely N-dealkylation sites (tertiary alicyclic amines) is 1. The average Bonchev–Trinajstić information content (AvgIpc) is 3.43. The fraction of sp³-hybridized carbons (Fsp3) is 0.750. The maximum Gasteiger partial charge on any atom is 0.155 e. The third kappa shape index (κ3) is 4.48. The van der Waals surface area contributed by atoms with E-state index in [0.29, 0.717) is 45.2 Å². The Morgan fingerprint density at radius 2 is 2.03 bits per heavy atom. The van der Waals surface area contributed by atoms with E-state index in [0.717, 1.165) is 44.5 Å². The Morgan fingerprint density at radius 3 is 2.74 bits per heavy atom. The summed E-state index contributed by atoms with van der Waals surface area (Å²) < 4.78 is 38.0. The molecule has 2 saturated heterocycles. The van der Waals surface area contributed by atoms with Gasteiger partial charge in [0.2, 0.25) is 0 Å². The Hall–Kier alpha value is -1.33. The molecule has 0 amide bonds. The molecule has 2 aromatic heterocycles. The van der Waals surface area contributed by atoms with Gasteiger partial charge in [-0.05, 0) is 50.7 Å². The van der Waals surface area contributed by atoms with Crippen LogP contribution in [0.3, 0.4) is 0 Å². The highest BCUT2D eigenvalue weighted by molar-refractivity contribution is 7.92. The molecule has 10 heteroatoms. The van der Waals surface area contributed by atoms with Gasteiger partial charge in [0.25, 0.3) is 0 Å². The first-order chi connectivity index (χ1) is 16.2. The van der Waals surface area contributed by atoms with Crippen molar-refractivity contribution in [1.82, 2.24) is 19.9 Å². The smallest absolute Gasteiger partial charge is 0.155 e. The minimum Gasteiger partial charge on any atom is -0.381 e. The first-order valence-corrected chi connectivity index (χ1v) is 15.1. The molecule has 0 aliphatic carbocycles. The molecule has 2 fully saturated rings. The number of sulfone groups is 1. The Balaban J connectivity index is 1.26. The first kappa shape index (κ1) is 24.4. The van der Waals surface area contributed by atoms with Crippen molar-refractivity contribution in [2.45, 2.75) is 81.9 Å². The quantitative estimate of drug-likeness (QED) is 0.593. The third-order valence-corrected chi connectivity index (χ3v) is 11.5. The van der Waals surface area contributed by atoms with E-state index in [1.807, 2.05) is 17.5 Å². The fourth-order valence-electron chi connectivity index (χ4n) is 5.89. The SMILES string of the molecule is CCc1cc2c(s1)CCO[C@@]21CCN(Cc2cn(CC3(S(C)(=O)=O)CCOCC3)nn2)[C@@H](C)C1. The van der Waals surface area contributed by atoms with Crippen molar-refractivity contribution in [1.29, 1.82) is 0 Å². The van der Waals surface area contributed by atoms with Crippen molar-refractivity contribution >= 4 is 21.2 Å². The second-order valence-corrected chi connectivity index (χ2v) is 13.9. The Labute approximate surface area is 206 Å². The van der Waals surface area contributed by atoms with Gasteiger partial charge in [0.05, 0.1) is 29.2 Å². The van der Waals surface area contributed by atoms with Crippen LogP contribution in [0.1, 0.15) is 60.5 Å². The molecule has 0 saturated carbocycles. The molecule has 3 aliphatic heterocycles. The molecule has 8 nitrogen and oxygen atoms in total. The maximum absolute atomic E-state index is 12.6. The monoisotopic (exact) mass is 508 g/mol. The van der Waals surface area contributed by atoms with Crippen molar-refractivity contribution in [2.24, 2.45) is 0 Å². The molecule has 188 valence electrons. The number of aryl methyl sites for hydroxylation is 1. The van der Waals surface area contributed by atoms with Gasteiger partial charge in [-0.3, -0.25) is 9.58 Å². The number of hydrogen-bond donors (Lipinski definition) is 0. The van der Waals surface area contributed by atoms with Crippen LogP contribution in [0, 0.1) is 0 Å². The van der Waals surface area contributed by atoms with Crippen LogP contribution in [-0.4, -0.2) is 71.7 Å². The molecule has 0 bridgehead atoms. The summed E-state index contributed by atoms with van der Waals surface area (Å²) in [6.07, 6.45) is 8.31. The van der Waals surface area contributed by atoms with Crippen LogP contribution >= 0.6 is 11.3 Å². The summed E-state index contributed by atoms with van der Waals surface area (Å²) in [5.41, 5.74) is 2.16. The lowest BCUT2D eigenvalue weighted by molar-refractivity contribution is -0.112. The molecule has 0 N–H and O–H groups in total. The van der Waals surface area contributed by atoms with Gasteiger partial charge >= 0.3 is 0 Å². The number of nitrogens with zero attached hydrogens (tertiary/aromatic N) is 4. The summed E-state index contributed by atoms with van der Waals surface area (Å²) in [5, 5.41) is 8.69. The lowest BCUT2D eigenvalue weighted by atomic mass is 9.79. The van der Waals surface area contributed by atoms with E-state index in [2.05, 4.69) is 35.1 Å². The molecule has 1 spiro atoms. The van der Waals surface area contributed by atoms with Gasteiger partial charge in [-0.15, -0.1) is 16.4 Å². The van der Waals surface area contributed by atoms with Gasteiger partial charge in [-0.1, -0.05) is 12.1 Å². The molecule has 3 aliphatic rings. The molecule has 0 radical (unpaired) electrons. The lowest BCUT2D eigenvalue weighted by Crippen LogP contribution is -2.50. The number of rotatable bonds is 6.